The van der Waals surface area contributed by atoms with E-state index in [0.717, 1.165) is 25.9 Å². The minimum absolute atomic E-state index is 0.201. The molecule has 1 aliphatic heterocycles. The van der Waals surface area contributed by atoms with Crippen molar-refractivity contribution in [1.82, 2.24) is 10.6 Å². The second kappa shape index (κ2) is 8.11. The lowest BCUT2D eigenvalue weighted by Gasteiger charge is -2.26. The molecule has 0 aromatic carbocycles. The molecular weight excluding hydrogens is 268 g/mol. The summed E-state index contributed by atoms with van der Waals surface area (Å²) in [5.74, 6) is 0.815. The van der Waals surface area contributed by atoms with Gasteiger partial charge in [0.1, 0.15) is 6.10 Å². The molecule has 3 N–H and O–H groups in total. The van der Waals surface area contributed by atoms with Gasteiger partial charge in [0.15, 0.2) is 0 Å². The number of aliphatic hydroxyl groups is 1. The minimum atomic E-state index is -0.979. The molecule has 0 aromatic heterocycles. The van der Waals surface area contributed by atoms with Crippen molar-refractivity contribution < 1.29 is 14.6 Å². The summed E-state index contributed by atoms with van der Waals surface area (Å²) in [6, 6.07) is -0.201. The maximum atomic E-state index is 12.1. The Hall–Kier alpha value is -0.650. The van der Waals surface area contributed by atoms with Crippen LogP contribution in [0.2, 0.25) is 0 Å². The van der Waals surface area contributed by atoms with E-state index in [-0.39, 0.29) is 18.1 Å². The SMILES string of the molecule is CC(C)CC(NCC1CCCO1)C(O)C(=O)NCC1CC1. The van der Waals surface area contributed by atoms with Gasteiger partial charge in [-0.25, -0.2) is 0 Å². The van der Waals surface area contributed by atoms with E-state index >= 15 is 0 Å². The first-order chi connectivity index (χ1) is 10.1. The Kier molecular flexibility index (Phi) is 6.45. The van der Waals surface area contributed by atoms with E-state index in [0.29, 0.717) is 24.9 Å². The predicted octanol–water partition coefficient (Wildman–Crippen LogP) is 1.06. The van der Waals surface area contributed by atoms with Crippen LogP contribution in [0.5, 0.6) is 0 Å². The van der Waals surface area contributed by atoms with Gasteiger partial charge in [-0.2, -0.15) is 0 Å². The molecule has 1 aliphatic carbocycles. The summed E-state index contributed by atoms with van der Waals surface area (Å²) in [5, 5.41) is 16.5. The number of carbonyl (C=O) groups excluding carboxylic acids is 1. The van der Waals surface area contributed by atoms with Gasteiger partial charge in [0, 0.05) is 25.7 Å². The third kappa shape index (κ3) is 5.93. The van der Waals surface area contributed by atoms with E-state index in [1.54, 1.807) is 0 Å². The molecule has 5 heteroatoms. The average Bonchev–Trinajstić information content (AvgIpc) is 3.13. The summed E-state index contributed by atoms with van der Waals surface area (Å²) in [6.07, 6.45) is 4.59. The lowest BCUT2D eigenvalue weighted by Crippen LogP contribution is -2.51. The normalized spacial score (nSPS) is 25.0. The topological polar surface area (TPSA) is 70.6 Å². The Balaban J connectivity index is 1.78. The largest absolute Gasteiger partial charge is 0.382 e. The summed E-state index contributed by atoms with van der Waals surface area (Å²) in [6.45, 7) is 6.46. The Morgan fingerprint density at radius 1 is 1.29 bits per heavy atom. The highest BCUT2D eigenvalue weighted by Gasteiger charge is 2.29. The van der Waals surface area contributed by atoms with E-state index in [2.05, 4.69) is 24.5 Å². The summed E-state index contributed by atoms with van der Waals surface area (Å²) in [7, 11) is 0. The van der Waals surface area contributed by atoms with Gasteiger partial charge in [-0.05, 0) is 43.9 Å². The number of rotatable bonds is 9. The quantitative estimate of drug-likeness (QED) is 0.595. The van der Waals surface area contributed by atoms with E-state index in [1.807, 2.05) is 0 Å². The van der Waals surface area contributed by atoms with Crippen LogP contribution in [0, 0.1) is 11.8 Å². The highest BCUT2D eigenvalue weighted by Crippen LogP contribution is 2.27. The molecule has 1 saturated carbocycles. The van der Waals surface area contributed by atoms with Gasteiger partial charge >= 0.3 is 0 Å². The molecular formula is C16H30N2O3. The molecule has 3 unspecified atom stereocenters. The third-order valence-electron chi connectivity index (χ3n) is 4.27. The lowest BCUT2D eigenvalue weighted by atomic mass is 9.98. The standard InChI is InChI=1S/C16H30N2O3/c1-11(2)8-14(17-10-13-4-3-7-21-13)15(19)16(20)18-9-12-5-6-12/h11-15,17,19H,3-10H2,1-2H3,(H,18,20). The zero-order chi connectivity index (χ0) is 15.2. The van der Waals surface area contributed by atoms with Crippen molar-refractivity contribution in [1.29, 1.82) is 0 Å². The first-order valence-corrected chi connectivity index (χ1v) is 8.37. The van der Waals surface area contributed by atoms with Gasteiger partial charge < -0.3 is 20.5 Å². The fourth-order valence-corrected chi connectivity index (χ4v) is 2.77. The van der Waals surface area contributed by atoms with Crippen LogP contribution < -0.4 is 10.6 Å². The van der Waals surface area contributed by atoms with Gasteiger partial charge in [-0.1, -0.05) is 13.8 Å². The Labute approximate surface area is 127 Å². The number of ether oxygens (including phenoxy) is 1. The Bertz CT molecular complexity index is 325. The molecule has 2 aliphatic rings. The number of aliphatic hydroxyl groups excluding tert-OH is 1. The number of carbonyl (C=O) groups is 1. The maximum absolute atomic E-state index is 12.1. The van der Waals surface area contributed by atoms with E-state index in [4.69, 9.17) is 4.74 Å². The van der Waals surface area contributed by atoms with E-state index in [1.165, 1.54) is 12.8 Å². The number of hydrogen-bond donors (Lipinski definition) is 3. The van der Waals surface area contributed by atoms with Crippen LogP contribution in [0.25, 0.3) is 0 Å². The molecule has 1 saturated heterocycles. The van der Waals surface area contributed by atoms with E-state index < -0.39 is 6.10 Å². The minimum Gasteiger partial charge on any atom is -0.382 e. The van der Waals surface area contributed by atoms with Crippen molar-refractivity contribution in [3.8, 4) is 0 Å². The molecule has 122 valence electrons. The zero-order valence-corrected chi connectivity index (χ0v) is 13.3. The second-order valence-electron chi connectivity index (χ2n) is 6.91. The molecule has 1 heterocycles. The average molecular weight is 298 g/mol. The summed E-state index contributed by atoms with van der Waals surface area (Å²) < 4.78 is 5.59. The molecule has 1 amide bonds. The maximum Gasteiger partial charge on any atom is 0.250 e. The zero-order valence-electron chi connectivity index (χ0n) is 13.3. The summed E-state index contributed by atoms with van der Waals surface area (Å²) in [4.78, 5) is 12.1. The van der Waals surface area contributed by atoms with Crippen LogP contribution in [-0.4, -0.2) is 49.0 Å². The van der Waals surface area contributed by atoms with Gasteiger partial charge in [0.25, 0.3) is 0 Å². The van der Waals surface area contributed by atoms with Gasteiger partial charge in [0.05, 0.1) is 6.10 Å². The number of nitrogens with one attached hydrogen (secondary N) is 2. The predicted molar refractivity (Wildman–Crippen MR) is 82.0 cm³/mol. The van der Waals surface area contributed by atoms with Crippen molar-refractivity contribution in [3.63, 3.8) is 0 Å². The van der Waals surface area contributed by atoms with Gasteiger partial charge in [-0.15, -0.1) is 0 Å². The van der Waals surface area contributed by atoms with Crippen LogP contribution in [0.1, 0.15) is 46.0 Å². The van der Waals surface area contributed by atoms with Gasteiger partial charge in [-0.3, -0.25) is 4.79 Å². The molecule has 21 heavy (non-hydrogen) atoms. The first kappa shape index (κ1) is 16.7. The molecule has 0 radical (unpaired) electrons. The van der Waals surface area contributed by atoms with Crippen LogP contribution in [0.15, 0.2) is 0 Å². The van der Waals surface area contributed by atoms with Crippen molar-refractivity contribution in [3.05, 3.63) is 0 Å². The summed E-state index contributed by atoms with van der Waals surface area (Å²) in [5.41, 5.74) is 0. The molecule has 3 atom stereocenters. The molecule has 0 spiro atoms. The third-order valence-corrected chi connectivity index (χ3v) is 4.27. The highest BCUT2D eigenvalue weighted by atomic mass is 16.5. The Morgan fingerprint density at radius 2 is 2.05 bits per heavy atom. The fourth-order valence-electron chi connectivity index (χ4n) is 2.77. The van der Waals surface area contributed by atoms with Crippen LogP contribution >= 0.6 is 0 Å². The van der Waals surface area contributed by atoms with Crippen molar-refractivity contribution in [2.24, 2.45) is 11.8 Å². The molecule has 0 bridgehead atoms. The number of amides is 1. The Morgan fingerprint density at radius 3 is 2.62 bits per heavy atom. The second-order valence-corrected chi connectivity index (χ2v) is 6.91. The number of hydrogen-bond acceptors (Lipinski definition) is 4. The van der Waals surface area contributed by atoms with Crippen molar-refractivity contribution in [2.75, 3.05) is 19.7 Å². The molecule has 2 fully saturated rings. The summed E-state index contributed by atoms with van der Waals surface area (Å²) >= 11 is 0. The van der Waals surface area contributed by atoms with E-state index in [9.17, 15) is 9.90 Å². The monoisotopic (exact) mass is 298 g/mol. The highest BCUT2D eigenvalue weighted by molar-refractivity contribution is 5.81. The van der Waals surface area contributed by atoms with Crippen LogP contribution in [-0.2, 0) is 9.53 Å². The van der Waals surface area contributed by atoms with Crippen LogP contribution in [0.3, 0.4) is 0 Å². The van der Waals surface area contributed by atoms with Gasteiger partial charge in [0.2, 0.25) is 5.91 Å². The first-order valence-electron chi connectivity index (χ1n) is 8.37. The fraction of sp³-hybridized carbons (Fsp3) is 0.938. The molecule has 0 aromatic rings. The lowest BCUT2D eigenvalue weighted by molar-refractivity contribution is -0.131. The van der Waals surface area contributed by atoms with Crippen molar-refractivity contribution in [2.45, 2.75) is 64.2 Å². The smallest absolute Gasteiger partial charge is 0.250 e. The van der Waals surface area contributed by atoms with Crippen molar-refractivity contribution >= 4 is 5.91 Å². The van der Waals surface area contributed by atoms with Crippen LogP contribution in [0.4, 0.5) is 0 Å². The molecule has 5 nitrogen and oxygen atoms in total. The molecule has 2 rings (SSSR count).